The van der Waals surface area contributed by atoms with E-state index in [2.05, 4.69) is 5.32 Å². The fraction of sp³-hybridized carbons (Fsp3) is 0.348. The standard InChI is InChI=1S/C23H25NO6/c1-3-28-19-12-9-15(13-20(19)29-4-2)22(26)17-7-5-6-8-18(17)23(27)30-14-21(25)24-16-10-11-16/h5-9,12-13,16H,3-4,10-11,14H2,1-2H3,(H,24,25). The number of nitrogens with one attached hydrogen (secondary N) is 1. The van der Waals surface area contributed by atoms with Crippen LogP contribution >= 0.6 is 0 Å². The van der Waals surface area contributed by atoms with Crippen LogP contribution in [0.3, 0.4) is 0 Å². The van der Waals surface area contributed by atoms with Crippen LogP contribution in [0.2, 0.25) is 0 Å². The van der Waals surface area contributed by atoms with Gasteiger partial charge in [0, 0.05) is 17.2 Å². The van der Waals surface area contributed by atoms with Gasteiger partial charge in [0.05, 0.1) is 18.8 Å². The molecule has 2 aromatic rings. The number of rotatable bonds is 10. The Balaban J connectivity index is 1.78. The van der Waals surface area contributed by atoms with E-state index in [0.717, 1.165) is 12.8 Å². The van der Waals surface area contributed by atoms with Crippen LogP contribution in [-0.2, 0) is 9.53 Å². The molecular formula is C23H25NO6. The minimum atomic E-state index is -0.721. The molecule has 1 N–H and O–H groups in total. The lowest BCUT2D eigenvalue weighted by Gasteiger charge is -2.13. The van der Waals surface area contributed by atoms with Gasteiger partial charge in [0.15, 0.2) is 23.9 Å². The van der Waals surface area contributed by atoms with Gasteiger partial charge in [-0.3, -0.25) is 9.59 Å². The highest BCUT2D eigenvalue weighted by Gasteiger charge is 2.25. The van der Waals surface area contributed by atoms with Crippen molar-refractivity contribution in [3.05, 3.63) is 59.2 Å². The van der Waals surface area contributed by atoms with Gasteiger partial charge in [-0.05, 0) is 51.0 Å². The van der Waals surface area contributed by atoms with Crippen LogP contribution in [0.25, 0.3) is 0 Å². The highest BCUT2D eigenvalue weighted by Crippen LogP contribution is 2.30. The van der Waals surface area contributed by atoms with Gasteiger partial charge in [0.2, 0.25) is 0 Å². The van der Waals surface area contributed by atoms with Crippen LogP contribution in [0.15, 0.2) is 42.5 Å². The topological polar surface area (TPSA) is 90.9 Å². The molecule has 1 saturated carbocycles. The molecule has 1 amide bonds. The van der Waals surface area contributed by atoms with Gasteiger partial charge in [-0.1, -0.05) is 18.2 Å². The molecule has 0 saturated heterocycles. The van der Waals surface area contributed by atoms with Crippen molar-refractivity contribution in [2.24, 2.45) is 0 Å². The molecule has 1 aliphatic rings. The van der Waals surface area contributed by atoms with Crippen molar-refractivity contribution < 1.29 is 28.6 Å². The fourth-order valence-corrected chi connectivity index (χ4v) is 2.91. The molecule has 0 aliphatic heterocycles. The predicted octanol–water partition coefficient (Wildman–Crippen LogP) is 3.15. The van der Waals surface area contributed by atoms with E-state index in [1.807, 2.05) is 13.8 Å². The van der Waals surface area contributed by atoms with Crippen LogP contribution in [-0.4, -0.2) is 43.5 Å². The van der Waals surface area contributed by atoms with E-state index in [0.29, 0.717) is 30.3 Å². The highest BCUT2D eigenvalue weighted by molar-refractivity contribution is 6.14. The number of carbonyl (C=O) groups is 3. The Kier molecular flexibility index (Phi) is 7.06. The fourth-order valence-electron chi connectivity index (χ4n) is 2.91. The SMILES string of the molecule is CCOc1ccc(C(=O)c2ccccc2C(=O)OCC(=O)NC2CC2)cc1OCC. The maximum absolute atomic E-state index is 13.1. The number of amides is 1. The monoisotopic (exact) mass is 411 g/mol. The molecule has 1 fully saturated rings. The summed E-state index contributed by atoms with van der Waals surface area (Å²) >= 11 is 0. The molecule has 3 rings (SSSR count). The first kappa shape index (κ1) is 21.4. The van der Waals surface area contributed by atoms with Gasteiger partial charge in [0.25, 0.3) is 5.91 Å². The summed E-state index contributed by atoms with van der Waals surface area (Å²) in [5.74, 6) is -0.412. The van der Waals surface area contributed by atoms with E-state index < -0.39 is 5.97 Å². The molecule has 0 radical (unpaired) electrons. The van der Waals surface area contributed by atoms with Gasteiger partial charge in [-0.2, -0.15) is 0 Å². The average molecular weight is 411 g/mol. The lowest BCUT2D eigenvalue weighted by molar-refractivity contribution is -0.124. The number of hydrogen-bond donors (Lipinski definition) is 1. The molecule has 7 heteroatoms. The summed E-state index contributed by atoms with van der Waals surface area (Å²) in [6.45, 7) is 4.21. The Morgan fingerprint density at radius 2 is 1.60 bits per heavy atom. The smallest absolute Gasteiger partial charge is 0.339 e. The second-order valence-electron chi connectivity index (χ2n) is 6.82. The summed E-state index contributed by atoms with van der Waals surface area (Å²) < 4.78 is 16.2. The molecule has 0 unspecified atom stereocenters. The Labute approximate surface area is 175 Å². The summed E-state index contributed by atoms with van der Waals surface area (Å²) in [6, 6.07) is 11.5. The molecule has 30 heavy (non-hydrogen) atoms. The highest BCUT2D eigenvalue weighted by atomic mass is 16.5. The number of carbonyl (C=O) groups excluding carboxylic acids is 3. The average Bonchev–Trinajstić information content (AvgIpc) is 3.57. The maximum Gasteiger partial charge on any atom is 0.339 e. The third-order valence-electron chi connectivity index (χ3n) is 4.47. The number of ether oxygens (including phenoxy) is 3. The maximum atomic E-state index is 13.1. The van der Waals surface area contributed by atoms with Crippen molar-refractivity contribution in [2.75, 3.05) is 19.8 Å². The van der Waals surface area contributed by atoms with Gasteiger partial charge < -0.3 is 19.5 Å². The molecule has 7 nitrogen and oxygen atoms in total. The van der Waals surface area contributed by atoms with Crippen molar-refractivity contribution >= 4 is 17.7 Å². The van der Waals surface area contributed by atoms with Crippen molar-refractivity contribution in [3.63, 3.8) is 0 Å². The van der Waals surface area contributed by atoms with Crippen LogP contribution < -0.4 is 14.8 Å². The first-order valence-corrected chi connectivity index (χ1v) is 10.0. The lowest BCUT2D eigenvalue weighted by atomic mass is 9.98. The quantitative estimate of drug-likeness (QED) is 0.477. The van der Waals surface area contributed by atoms with E-state index in [4.69, 9.17) is 14.2 Å². The van der Waals surface area contributed by atoms with Crippen LogP contribution in [0.4, 0.5) is 0 Å². The molecule has 0 atom stereocenters. The number of esters is 1. The number of hydrogen-bond acceptors (Lipinski definition) is 6. The van der Waals surface area contributed by atoms with Crippen molar-refractivity contribution in [3.8, 4) is 11.5 Å². The zero-order valence-electron chi connectivity index (χ0n) is 17.1. The summed E-state index contributed by atoms with van der Waals surface area (Å²) in [6.07, 6.45) is 1.89. The van der Waals surface area contributed by atoms with E-state index in [1.54, 1.807) is 36.4 Å². The second kappa shape index (κ2) is 9.91. The molecule has 158 valence electrons. The predicted molar refractivity (Wildman–Crippen MR) is 110 cm³/mol. The Bertz CT molecular complexity index is 935. The molecule has 0 bridgehead atoms. The van der Waals surface area contributed by atoms with Crippen LogP contribution in [0, 0.1) is 0 Å². The van der Waals surface area contributed by atoms with Crippen molar-refractivity contribution in [1.29, 1.82) is 0 Å². The third kappa shape index (κ3) is 5.37. The van der Waals surface area contributed by atoms with Crippen LogP contribution in [0.5, 0.6) is 11.5 Å². The Morgan fingerprint density at radius 1 is 0.933 bits per heavy atom. The number of benzene rings is 2. The van der Waals surface area contributed by atoms with E-state index in [1.165, 1.54) is 6.07 Å². The molecule has 0 aromatic heterocycles. The molecule has 1 aliphatic carbocycles. The van der Waals surface area contributed by atoms with Gasteiger partial charge in [-0.25, -0.2) is 4.79 Å². The van der Waals surface area contributed by atoms with E-state index in [9.17, 15) is 14.4 Å². The minimum absolute atomic E-state index is 0.105. The second-order valence-corrected chi connectivity index (χ2v) is 6.82. The molecule has 0 heterocycles. The molecular weight excluding hydrogens is 386 g/mol. The van der Waals surface area contributed by atoms with E-state index >= 15 is 0 Å². The van der Waals surface area contributed by atoms with Gasteiger partial charge in [-0.15, -0.1) is 0 Å². The normalized spacial score (nSPS) is 12.7. The Morgan fingerprint density at radius 3 is 2.27 bits per heavy atom. The lowest BCUT2D eigenvalue weighted by Crippen LogP contribution is -2.30. The summed E-state index contributed by atoms with van der Waals surface area (Å²) in [5.41, 5.74) is 0.652. The minimum Gasteiger partial charge on any atom is -0.490 e. The first-order chi connectivity index (χ1) is 14.5. The molecule has 0 spiro atoms. The molecule has 2 aromatic carbocycles. The summed E-state index contributed by atoms with van der Waals surface area (Å²) in [5, 5.41) is 2.75. The first-order valence-electron chi connectivity index (χ1n) is 10.0. The zero-order valence-corrected chi connectivity index (χ0v) is 17.1. The van der Waals surface area contributed by atoms with E-state index in [-0.39, 0.29) is 35.5 Å². The largest absolute Gasteiger partial charge is 0.490 e. The number of ketones is 1. The van der Waals surface area contributed by atoms with Gasteiger partial charge >= 0.3 is 5.97 Å². The summed E-state index contributed by atoms with van der Waals surface area (Å²) in [7, 11) is 0. The van der Waals surface area contributed by atoms with Gasteiger partial charge in [0.1, 0.15) is 0 Å². The van der Waals surface area contributed by atoms with Crippen molar-refractivity contribution in [2.45, 2.75) is 32.7 Å². The third-order valence-corrected chi connectivity index (χ3v) is 4.47. The van der Waals surface area contributed by atoms with Crippen LogP contribution in [0.1, 0.15) is 53.0 Å². The zero-order chi connectivity index (χ0) is 21.5. The Hall–Kier alpha value is -3.35. The summed E-state index contributed by atoms with van der Waals surface area (Å²) in [4.78, 5) is 37.4. The van der Waals surface area contributed by atoms with Crippen molar-refractivity contribution in [1.82, 2.24) is 5.32 Å².